The van der Waals surface area contributed by atoms with E-state index in [-0.39, 0.29) is 5.02 Å². The Bertz CT molecular complexity index is 1290. The monoisotopic (exact) mass is 454 g/mol. The Morgan fingerprint density at radius 2 is 1.84 bits per heavy atom. The smallest absolute Gasteiger partial charge is 0.324 e. The van der Waals surface area contributed by atoms with Crippen molar-refractivity contribution in [1.29, 1.82) is 0 Å². The van der Waals surface area contributed by atoms with E-state index in [2.05, 4.69) is 20.8 Å². The number of anilines is 2. The van der Waals surface area contributed by atoms with Gasteiger partial charge in [0.2, 0.25) is 5.75 Å². The van der Waals surface area contributed by atoms with Crippen LogP contribution in [0.3, 0.4) is 0 Å². The van der Waals surface area contributed by atoms with Gasteiger partial charge in [0.1, 0.15) is 11.5 Å². The first-order valence-electron chi connectivity index (χ1n) is 9.48. The fraction of sp³-hybridized carbons (Fsp3) is 0.136. The number of methoxy groups -OCH3 is 2. The summed E-state index contributed by atoms with van der Waals surface area (Å²) < 4.78 is 21.9. The number of hydrogen-bond acceptors (Lipinski definition) is 7. The third kappa shape index (κ3) is 4.37. The van der Waals surface area contributed by atoms with Crippen molar-refractivity contribution in [1.82, 2.24) is 10.1 Å². The number of aromatic nitrogens is 2. The third-order valence-electron chi connectivity index (χ3n) is 4.45. The van der Waals surface area contributed by atoms with E-state index in [0.29, 0.717) is 45.9 Å². The molecule has 9 nitrogen and oxygen atoms in total. The fourth-order valence-electron chi connectivity index (χ4n) is 3.04. The minimum absolute atomic E-state index is 0.276. The molecule has 32 heavy (non-hydrogen) atoms. The second-order valence-corrected chi connectivity index (χ2v) is 7.05. The van der Waals surface area contributed by atoms with Crippen LogP contribution in [-0.2, 0) is 0 Å². The molecule has 2 amide bonds. The molecule has 0 aliphatic heterocycles. The van der Waals surface area contributed by atoms with Crippen molar-refractivity contribution in [2.45, 2.75) is 6.92 Å². The van der Waals surface area contributed by atoms with E-state index in [9.17, 15) is 4.79 Å². The highest BCUT2D eigenvalue weighted by molar-refractivity contribution is 6.34. The highest BCUT2D eigenvalue weighted by Gasteiger charge is 2.19. The van der Waals surface area contributed by atoms with Gasteiger partial charge in [0.25, 0.3) is 5.88 Å². The maximum absolute atomic E-state index is 12.2. The van der Waals surface area contributed by atoms with Crippen LogP contribution in [0.2, 0.25) is 5.02 Å². The van der Waals surface area contributed by atoms with Crippen molar-refractivity contribution in [3.63, 3.8) is 0 Å². The molecule has 0 fully saturated rings. The molecule has 0 unspecified atom stereocenters. The number of hydrogen-bond donors (Lipinski definition) is 2. The van der Waals surface area contributed by atoms with Crippen LogP contribution in [0.25, 0.3) is 10.9 Å². The number of carbonyl (C=O) groups excluding carboxylic acids is 1. The van der Waals surface area contributed by atoms with Crippen molar-refractivity contribution in [3.05, 3.63) is 59.3 Å². The summed E-state index contributed by atoms with van der Waals surface area (Å²) in [5, 5.41) is 9.94. The fourth-order valence-corrected chi connectivity index (χ4v) is 3.25. The van der Waals surface area contributed by atoms with E-state index in [1.54, 1.807) is 31.2 Å². The van der Waals surface area contributed by atoms with E-state index in [4.69, 9.17) is 30.3 Å². The van der Waals surface area contributed by atoms with Gasteiger partial charge < -0.3 is 24.1 Å². The molecule has 0 spiro atoms. The second-order valence-electron chi connectivity index (χ2n) is 6.65. The van der Waals surface area contributed by atoms with E-state index in [1.807, 2.05) is 24.3 Å². The van der Waals surface area contributed by atoms with Gasteiger partial charge in [-0.15, -0.1) is 0 Å². The molecule has 164 valence electrons. The number of benzene rings is 2. The zero-order chi connectivity index (χ0) is 22.7. The molecule has 4 aromatic rings. The molecule has 0 aliphatic carbocycles. The Morgan fingerprint density at radius 3 is 2.53 bits per heavy atom. The molecule has 0 bridgehead atoms. The number of fused-ring (bicyclic) bond motifs is 1. The lowest BCUT2D eigenvalue weighted by Crippen LogP contribution is -2.19. The second kappa shape index (κ2) is 9.03. The van der Waals surface area contributed by atoms with E-state index in [1.165, 1.54) is 14.2 Å². The average molecular weight is 455 g/mol. The number of ether oxygens (including phenoxy) is 3. The molecule has 2 aromatic carbocycles. The van der Waals surface area contributed by atoms with Crippen molar-refractivity contribution in [3.8, 4) is 23.1 Å². The van der Waals surface area contributed by atoms with Gasteiger partial charge in [-0.25, -0.2) is 9.78 Å². The summed E-state index contributed by atoms with van der Waals surface area (Å²) in [5.41, 5.74) is 1.07. The highest BCUT2D eigenvalue weighted by atomic mass is 35.5. The maximum atomic E-state index is 12.2. The Labute approximate surface area is 188 Å². The van der Waals surface area contributed by atoms with Crippen molar-refractivity contribution < 1.29 is 23.5 Å². The van der Waals surface area contributed by atoms with Crippen molar-refractivity contribution in [2.75, 3.05) is 24.9 Å². The zero-order valence-corrected chi connectivity index (χ0v) is 18.2. The van der Waals surface area contributed by atoms with E-state index >= 15 is 0 Å². The van der Waals surface area contributed by atoms with Crippen LogP contribution in [-0.4, -0.2) is 30.4 Å². The number of carbonyl (C=O) groups is 1. The number of aryl methyl sites for hydroxylation is 1. The van der Waals surface area contributed by atoms with Crippen LogP contribution in [0.1, 0.15) is 5.76 Å². The van der Waals surface area contributed by atoms with Crippen molar-refractivity contribution in [2.24, 2.45) is 0 Å². The predicted molar refractivity (Wildman–Crippen MR) is 120 cm³/mol. The van der Waals surface area contributed by atoms with Crippen LogP contribution < -0.4 is 24.8 Å². The molecule has 2 heterocycles. The molecule has 4 rings (SSSR count). The normalized spacial score (nSPS) is 10.6. The number of halogens is 1. The lowest BCUT2D eigenvalue weighted by Gasteiger charge is -2.16. The molecule has 2 aromatic heterocycles. The molecule has 0 atom stereocenters. The first kappa shape index (κ1) is 21.3. The summed E-state index contributed by atoms with van der Waals surface area (Å²) in [4.78, 5) is 16.6. The van der Waals surface area contributed by atoms with Crippen molar-refractivity contribution >= 4 is 40.0 Å². The molecule has 0 saturated heterocycles. The zero-order valence-electron chi connectivity index (χ0n) is 17.4. The van der Waals surface area contributed by atoms with Gasteiger partial charge in [-0.05, 0) is 31.2 Å². The number of urea groups is 1. The molecular weight excluding hydrogens is 436 g/mol. The molecule has 0 saturated carbocycles. The number of pyridine rings is 1. The van der Waals surface area contributed by atoms with E-state index in [0.717, 1.165) is 5.39 Å². The quantitative estimate of drug-likeness (QED) is 0.388. The number of rotatable bonds is 6. The van der Waals surface area contributed by atoms with Gasteiger partial charge in [-0.3, -0.25) is 5.32 Å². The van der Waals surface area contributed by atoms with Gasteiger partial charge in [0, 0.05) is 17.5 Å². The highest BCUT2D eigenvalue weighted by Crippen LogP contribution is 2.44. The van der Waals surface area contributed by atoms with Crippen LogP contribution in [0.15, 0.2) is 53.1 Å². The Balaban J connectivity index is 1.59. The minimum Gasteiger partial charge on any atom is -0.489 e. The van der Waals surface area contributed by atoms with Crippen LogP contribution in [0, 0.1) is 6.92 Å². The van der Waals surface area contributed by atoms with Crippen LogP contribution >= 0.6 is 11.6 Å². The summed E-state index contributed by atoms with van der Waals surface area (Å²) in [6, 6.07) is 13.4. The standard InChI is InChI=1S/C22H19ClN4O5/c1-12-10-18(27-32-12)26-22(28)25-17-9-8-13(11-15(17)23)31-19-14-6-4-5-7-16(14)24-21(30-3)20(19)29-2/h4-11H,1-3H3,(H2,25,26,27,28). The summed E-state index contributed by atoms with van der Waals surface area (Å²) in [6.07, 6.45) is 0. The summed E-state index contributed by atoms with van der Waals surface area (Å²) in [6.45, 7) is 1.72. The van der Waals surface area contributed by atoms with E-state index < -0.39 is 6.03 Å². The van der Waals surface area contributed by atoms with Gasteiger partial charge in [0.15, 0.2) is 11.6 Å². The maximum Gasteiger partial charge on any atom is 0.324 e. The Kier molecular flexibility index (Phi) is 6.00. The number of nitrogens with zero attached hydrogens (tertiary/aromatic N) is 2. The number of amides is 2. The van der Waals surface area contributed by atoms with Gasteiger partial charge in [-0.2, -0.15) is 0 Å². The molecule has 0 radical (unpaired) electrons. The molecule has 2 N–H and O–H groups in total. The Hall–Kier alpha value is -3.98. The predicted octanol–water partition coefficient (Wildman–Crippen LogP) is 5.64. The molecule has 10 heteroatoms. The topological polar surface area (TPSA) is 108 Å². The summed E-state index contributed by atoms with van der Waals surface area (Å²) >= 11 is 6.37. The van der Waals surface area contributed by atoms with Crippen LogP contribution in [0.5, 0.6) is 23.1 Å². The Morgan fingerprint density at radius 1 is 1.03 bits per heavy atom. The average Bonchev–Trinajstić information content (AvgIpc) is 3.19. The van der Waals surface area contributed by atoms with Gasteiger partial charge >= 0.3 is 6.03 Å². The minimum atomic E-state index is -0.514. The van der Waals surface area contributed by atoms with Crippen LogP contribution in [0.4, 0.5) is 16.3 Å². The lowest BCUT2D eigenvalue weighted by atomic mass is 10.2. The number of para-hydroxylation sites is 1. The van der Waals surface area contributed by atoms with Gasteiger partial charge in [0.05, 0.1) is 30.4 Å². The largest absolute Gasteiger partial charge is 0.489 e. The number of nitrogens with one attached hydrogen (secondary N) is 2. The summed E-state index contributed by atoms with van der Waals surface area (Å²) in [5.74, 6) is 2.39. The molecule has 0 aliphatic rings. The first-order valence-corrected chi connectivity index (χ1v) is 9.85. The third-order valence-corrected chi connectivity index (χ3v) is 4.76. The molecular formula is C22H19ClN4O5. The summed E-state index contributed by atoms with van der Waals surface area (Å²) in [7, 11) is 3.02. The van der Waals surface area contributed by atoms with Gasteiger partial charge in [-0.1, -0.05) is 28.9 Å². The SMILES string of the molecule is COc1nc2ccccc2c(Oc2ccc(NC(=O)Nc3cc(C)on3)c(Cl)c2)c1OC. The lowest BCUT2D eigenvalue weighted by molar-refractivity contribution is 0.262. The first-order chi connectivity index (χ1) is 15.5.